The van der Waals surface area contributed by atoms with Crippen LogP contribution in [-0.2, 0) is 4.79 Å². The van der Waals surface area contributed by atoms with Crippen LogP contribution < -0.4 is 10.1 Å². The normalized spacial score (nSPS) is 10.1. The molecule has 0 bridgehead atoms. The van der Waals surface area contributed by atoms with Gasteiger partial charge in [-0.3, -0.25) is 10.1 Å². The minimum atomic E-state index is -0.200. The highest BCUT2D eigenvalue weighted by molar-refractivity contribution is 5.89. The maximum atomic E-state index is 10.9. The van der Waals surface area contributed by atoms with Crippen LogP contribution in [0.1, 0.15) is 6.92 Å². The highest BCUT2D eigenvalue weighted by atomic mass is 16.5. The number of hydrogen-bond donors (Lipinski definition) is 1. The van der Waals surface area contributed by atoms with E-state index in [1.165, 1.54) is 6.92 Å². The zero-order chi connectivity index (χ0) is 11.5. The predicted octanol–water partition coefficient (Wildman–Crippen LogP) is 1.60. The summed E-state index contributed by atoms with van der Waals surface area (Å²) in [6, 6.07) is 5.56. The second kappa shape index (κ2) is 4.14. The Morgan fingerprint density at radius 2 is 2.25 bits per heavy atom. The lowest BCUT2D eigenvalue weighted by Crippen LogP contribution is -2.09. The van der Waals surface area contributed by atoms with Crippen LogP contribution in [0.25, 0.3) is 10.9 Å². The summed E-state index contributed by atoms with van der Waals surface area (Å²) in [6.07, 6.45) is 1.65. The van der Waals surface area contributed by atoms with E-state index in [2.05, 4.69) is 15.3 Å². The van der Waals surface area contributed by atoms with Gasteiger partial charge in [-0.15, -0.1) is 0 Å². The van der Waals surface area contributed by atoms with Gasteiger partial charge in [0.1, 0.15) is 11.3 Å². The number of carbonyl (C=O) groups is 1. The van der Waals surface area contributed by atoms with E-state index in [1.807, 2.05) is 18.2 Å². The van der Waals surface area contributed by atoms with Crippen LogP contribution in [-0.4, -0.2) is 23.0 Å². The molecule has 0 saturated heterocycles. The number of carbonyl (C=O) groups excluding carboxylic acids is 1. The molecule has 0 aliphatic rings. The number of hydrogen-bond acceptors (Lipinski definition) is 4. The first-order valence-electron chi connectivity index (χ1n) is 4.78. The van der Waals surface area contributed by atoms with E-state index in [0.29, 0.717) is 11.3 Å². The van der Waals surface area contributed by atoms with Crippen LogP contribution in [0.2, 0.25) is 0 Å². The summed E-state index contributed by atoms with van der Waals surface area (Å²) in [5, 5.41) is 3.40. The van der Waals surface area contributed by atoms with Crippen molar-refractivity contribution in [3.63, 3.8) is 0 Å². The van der Waals surface area contributed by atoms with Gasteiger partial charge in [0.15, 0.2) is 0 Å². The third-order valence-corrected chi connectivity index (χ3v) is 2.08. The quantitative estimate of drug-likeness (QED) is 0.829. The molecule has 1 amide bonds. The highest BCUT2D eigenvalue weighted by Gasteiger charge is 2.05. The van der Waals surface area contributed by atoms with Crippen molar-refractivity contribution in [1.29, 1.82) is 0 Å². The highest BCUT2D eigenvalue weighted by Crippen LogP contribution is 2.23. The van der Waals surface area contributed by atoms with Crippen molar-refractivity contribution in [3.05, 3.63) is 24.4 Å². The fourth-order valence-corrected chi connectivity index (χ4v) is 1.41. The molecular formula is C11H11N3O2. The summed E-state index contributed by atoms with van der Waals surface area (Å²) < 4.78 is 5.18. The molecule has 0 saturated carbocycles. The summed E-state index contributed by atoms with van der Waals surface area (Å²) >= 11 is 0. The molecule has 0 spiro atoms. The second-order valence-electron chi connectivity index (χ2n) is 3.27. The van der Waals surface area contributed by atoms with Gasteiger partial charge in [0.2, 0.25) is 11.9 Å². The summed E-state index contributed by atoms with van der Waals surface area (Å²) in [6.45, 7) is 1.41. The molecule has 1 aromatic carbocycles. The van der Waals surface area contributed by atoms with Crippen molar-refractivity contribution in [3.8, 4) is 5.75 Å². The first-order chi connectivity index (χ1) is 7.70. The van der Waals surface area contributed by atoms with E-state index in [4.69, 9.17) is 4.74 Å². The average molecular weight is 217 g/mol. The molecule has 0 aliphatic carbocycles. The van der Waals surface area contributed by atoms with Crippen molar-refractivity contribution in [1.82, 2.24) is 9.97 Å². The summed E-state index contributed by atoms with van der Waals surface area (Å²) in [7, 11) is 1.58. The van der Waals surface area contributed by atoms with E-state index in [-0.39, 0.29) is 11.9 Å². The molecule has 0 fully saturated rings. The maximum Gasteiger partial charge on any atom is 0.230 e. The minimum absolute atomic E-state index is 0.200. The molecule has 0 aliphatic heterocycles. The van der Waals surface area contributed by atoms with Crippen LogP contribution in [0.5, 0.6) is 5.75 Å². The molecular weight excluding hydrogens is 206 g/mol. The molecule has 2 rings (SSSR count). The number of nitrogens with zero attached hydrogens (tertiary/aromatic N) is 2. The second-order valence-corrected chi connectivity index (χ2v) is 3.27. The van der Waals surface area contributed by atoms with Gasteiger partial charge in [-0.2, -0.15) is 0 Å². The zero-order valence-electron chi connectivity index (χ0n) is 9.02. The molecule has 0 atom stereocenters. The minimum Gasteiger partial charge on any atom is -0.494 e. The first-order valence-corrected chi connectivity index (χ1v) is 4.78. The molecule has 1 aromatic heterocycles. The van der Waals surface area contributed by atoms with Gasteiger partial charge in [-0.05, 0) is 6.07 Å². The van der Waals surface area contributed by atoms with Crippen molar-refractivity contribution >= 4 is 22.8 Å². The standard InChI is InChI=1S/C11H11N3O2/c1-7(15)13-11-12-6-8-4-3-5-9(16-2)10(8)14-11/h3-6H,1-2H3,(H,12,13,14,15). The lowest BCUT2D eigenvalue weighted by atomic mass is 10.2. The fraction of sp³-hybridized carbons (Fsp3) is 0.182. The molecule has 2 aromatic rings. The molecule has 82 valence electrons. The molecule has 1 N–H and O–H groups in total. The zero-order valence-corrected chi connectivity index (χ0v) is 9.02. The van der Waals surface area contributed by atoms with Gasteiger partial charge in [0.25, 0.3) is 0 Å². The fourth-order valence-electron chi connectivity index (χ4n) is 1.41. The van der Waals surface area contributed by atoms with Crippen molar-refractivity contribution in [2.75, 3.05) is 12.4 Å². The number of ether oxygens (including phenoxy) is 1. The Morgan fingerprint density at radius 1 is 1.44 bits per heavy atom. The molecule has 5 heteroatoms. The Bertz CT molecular complexity index is 540. The monoisotopic (exact) mass is 217 g/mol. The third kappa shape index (κ3) is 1.93. The molecule has 0 radical (unpaired) electrons. The van der Waals surface area contributed by atoms with Crippen LogP contribution in [0, 0.1) is 0 Å². The predicted molar refractivity (Wildman–Crippen MR) is 60.4 cm³/mol. The van der Waals surface area contributed by atoms with Crippen molar-refractivity contribution in [2.24, 2.45) is 0 Å². The number of methoxy groups -OCH3 is 1. The van der Waals surface area contributed by atoms with Gasteiger partial charge < -0.3 is 4.74 Å². The van der Waals surface area contributed by atoms with Crippen LogP contribution in [0.3, 0.4) is 0 Å². The SMILES string of the molecule is COc1cccc2cnc(NC(C)=O)nc12. The molecule has 5 nitrogen and oxygen atoms in total. The molecule has 1 heterocycles. The van der Waals surface area contributed by atoms with E-state index in [1.54, 1.807) is 13.3 Å². The van der Waals surface area contributed by atoms with E-state index < -0.39 is 0 Å². The Hall–Kier alpha value is -2.17. The number of para-hydroxylation sites is 1. The Labute approximate surface area is 92.5 Å². The number of nitrogens with one attached hydrogen (secondary N) is 1. The Balaban J connectivity index is 2.54. The molecule has 16 heavy (non-hydrogen) atoms. The largest absolute Gasteiger partial charge is 0.494 e. The lowest BCUT2D eigenvalue weighted by Gasteiger charge is -2.05. The average Bonchev–Trinajstić information content (AvgIpc) is 2.27. The number of benzene rings is 1. The number of anilines is 1. The van der Waals surface area contributed by atoms with Gasteiger partial charge in [0, 0.05) is 18.5 Å². The smallest absolute Gasteiger partial charge is 0.230 e. The third-order valence-electron chi connectivity index (χ3n) is 2.08. The number of rotatable bonds is 2. The topological polar surface area (TPSA) is 64.1 Å². The number of amides is 1. The van der Waals surface area contributed by atoms with Gasteiger partial charge in [-0.25, -0.2) is 9.97 Å². The van der Waals surface area contributed by atoms with Crippen LogP contribution in [0.4, 0.5) is 5.95 Å². The number of fused-ring (bicyclic) bond motifs is 1. The summed E-state index contributed by atoms with van der Waals surface area (Å²) in [5.41, 5.74) is 0.684. The van der Waals surface area contributed by atoms with Gasteiger partial charge in [0.05, 0.1) is 7.11 Å². The maximum absolute atomic E-state index is 10.9. The summed E-state index contributed by atoms with van der Waals surface area (Å²) in [5.74, 6) is 0.741. The lowest BCUT2D eigenvalue weighted by molar-refractivity contribution is -0.114. The Kier molecular flexibility index (Phi) is 2.68. The van der Waals surface area contributed by atoms with Crippen molar-refractivity contribution in [2.45, 2.75) is 6.92 Å². The summed E-state index contributed by atoms with van der Waals surface area (Å²) in [4.78, 5) is 19.1. The molecule has 0 unspecified atom stereocenters. The van der Waals surface area contributed by atoms with E-state index in [9.17, 15) is 4.79 Å². The first kappa shape index (κ1) is 10.4. The van der Waals surface area contributed by atoms with Gasteiger partial charge >= 0.3 is 0 Å². The van der Waals surface area contributed by atoms with Crippen LogP contribution in [0.15, 0.2) is 24.4 Å². The number of aromatic nitrogens is 2. The Morgan fingerprint density at radius 3 is 2.94 bits per heavy atom. The van der Waals surface area contributed by atoms with Gasteiger partial charge in [-0.1, -0.05) is 12.1 Å². The van der Waals surface area contributed by atoms with Crippen LogP contribution >= 0.6 is 0 Å². The van der Waals surface area contributed by atoms with E-state index >= 15 is 0 Å². The van der Waals surface area contributed by atoms with E-state index in [0.717, 1.165) is 5.39 Å². The van der Waals surface area contributed by atoms with Crippen molar-refractivity contribution < 1.29 is 9.53 Å².